The summed E-state index contributed by atoms with van der Waals surface area (Å²) in [6, 6.07) is 0. The highest BCUT2D eigenvalue weighted by atomic mass is 16.1. The zero-order valence-corrected chi connectivity index (χ0v) is 10.6. The number of Topliss-reactive ketones (excluding diaryl/α,β-unsaturated/α-hetero) is 1. The lowest BCUT2D eigenvalue weighted by Gasteiger charge is -2.07. The van der Waals surface area contributed by atoms with Gasteiger partial charge in [0.25, 0.3) is 0 Å². The maximum Gasteiger partial charge on any atom is 0.136 e. The Balaban J connectivity index is 3.46. The maximum absolute atomic E-state index is 11.6. The van der Waals surface area contributed by atoms with Crippen molar-refractivity contribution in [2.24, 2.45) is 5.92 Å². The van der Waals surface area contributed by atoms with Crippen LogP contribution in [0.3, 0.4) is 0 Å². The molecule has 0 amide bonds. The first-order valence-corrected chi connectivity index (χ1v) is 6.36. The van der Waals surface area contributed by atoms with E-state index in [2.05, 4.69) is 13.0 Å². The first-order valence-electron chi connectivity index (χ1n) is 6.36. The van der Waals surface area contributed by atoms with Crippen LogP contribution < -0.4 is 0 Å². The standard InChI is InChI=1S/C14H26O/c1-4-6-8-9-10-12-14(15)13(3)11-7-5-2/h5,7,13H,4,6,8-12H2,1-3H3/b7-5-. The van der Waals surface area contributed by atoms with Crippen molar-refractivity contribution >= 4 is 5.78 Å². The number of hydrogen-bond acceptors (Lipinski definition) is 1. The van der Waals surface area contributed by atoms with Gasteiger partial charge in [-0.1, -0.05) is 51.7 Å². The summed E-state index contributed by atoms with van der Waals surface area (Å²) in [6.07, 6.45) is 12.0. The van der Waals surface area contributed by atoms with Crippen molar-refractivity contribution in [3.05, 3.63) is 12.2 Å². The van der Waals surface area contributed by atoms with E-state index in [1.54, 1.807) is 0 Å². The van der Waals surface area contributed by atoms with Crippen molar-refractivity contribution in [1.82, 2.24) is 0 Å². The summed E-state index contributed by atoms with van der Waals surface area (Å²) in [4.78, 5) is 11.6. The van der Waals surface area contributed by atoms with E-state index in [-0.39, 0.29) is 5.92 Å². The van der Waals surface area contributed by atoms with Crippen LogP contribution in [-0.2, 0) is 4.79 Å². The lowest BCUT2D eigenvalue weighted by molar-refractivity contribution is -0.122. The Bertz CT molecular complexity index is 182. The molecule has 0 saturated carbocycles. The van der Waals surface area contributed by atoms with Gasteiger partial charge in [-0.25, -0.2) is 0 Å². The van der Waals surface area contributed by atoms with Crippen LogP contribution in [0.5, 0.6) is 0 Å². The van der Waals surface area contributed by atoms with E-state index >= 15 is 0 Å². The van der Waals surface area contributed by atoms with Gasteiger partial charge >= 0.3 is 0 Å². The fraction of sp³-hybridized carbons (Fsp3) is 0.786. The molecule has 0 aliphatic carbocycles. The number of hydrogen-bond donors (Lipinski definition) is 0. The van der Waals surface area contributed by atoms with E-state index in [0.717, 1.165) is 19.3 Å². The second-order valence-corrected chi connectivity index (χ2v) is 4.34. The minimum Gasteiger partial charge on any atom is -0.299 e. The molecular formula is C14H26O. The van der Waals surface area contributed by atoms with Gasteiger partial charge in [0.2, 0.25) is 0 Å². The third-order valence-electron chi connectivity index (χ3n) is 2.80. The molecule has 0 aliphatic heterocycles. The van der Waals surface area contributed by atoms with Crippen LogP contribution in [0.4, 0.5) is 0 Å². The lowest BCUT2D eigenvalue weighted by atomic mass is 9.97. The predicted octanol–water partition coefficient (Wildman–Crippen LogP) is 4.52. The SMILES string of the molecule is C/C=C\CC(C)C(=O)CCCCCCC. The molecule has 0 saturated heterocycles. The highest BCUT2D eigenvalue weighted by Gasteiger charge is 2.10. The molecule has 0 aromatic heterocycles. The third kappa shape index (κ3) is 8.41. The fourth-order valence-electron chi connectivity index (χ4n) is 1.62. The van der Waals surface area contributed by atoms with E-state index in [1.165, 1.54) is 25.7 Å². The van der Waals surface area contributed by atoms with Crippen molar-refractivity contribution in [2.75, 3.05) is 0 Å². The Morgan fingerprint density at radius 3 is 2.47 bits per heavy atom. The van der Waals surface area contributed by atoms with Crippen molar-refractivity contribution < 1.29 is 4.79 Å². The van der Waals surface area contributed by atoms with Crippen LogP contribution in [0, 0.1) is 5.92 Å². The molecule has 1 atom stereocenters. The zero-order valence-electron chi connectivity index (χ0n) is 10.6. The molecule has 0 rings (SSSR count). The molecule has 15 heavy (non-hydrogen) atoms. The Morgan fingerprint density at radius 2 is 1.87 bits per heavy atom. The average molecular weight is 210 g/mol. The molecule has 0 fully saturated rings. The van der Waals surface area contributed by atoms with Crippen LogP contribution in [0.25, 0.3) is 0 Å². The molecule has 0 spiro atoms. The highest BCUT2D eigenvalue weighted by Crippen LogP contribution is 2.11. The second-order valence-electron chi connectivity index (χ2n) is 4.34. The van der Waals surface area contributed by atoms with Crippen molar-refractivity contribution in [1.29, 1.82) is 0 Å². The summed E-state index contributed by atoms with van der Waals surface area (Å²) in [7, 11) is 0. The number of unbranched alkanes of at least 4 members (excludes halogenated alkanes) is 4. The summed E-state index contributed by atoms with van der Waals surface area (Å²) in [5, 5.41) is 0. The molecule has 1 heteroatoms. The Hall–Kier alpha value is -0.590. The Labute approximate surface area is 95.0 Å². The van der Waals surface area contributed by atoms with Crippen molar-refractivity contribution in [3.63, 3.8) is 0 Å². The summed E-state index contributed by atoms with van der Waals surface area (Å²) < 4.78 is 0. The number of ketones is 1. The molecule has 0 radical (unpaired) electrons. The van der Waals surface area contributed by atoms with E-state index in [0.29, 0.717) is 5.78 Å². The van der Waals surface area contributed by atoms with Crippen LogP contribution in [0.15, 0.2) is 12.2 Å². The van der Waals surface area contributed by atoms with Gasteiger partial charge < -0.3 is 0 Å². The first-order chi connectivity index (χ1) is 7.22. The molecule has 1 nitrogen and oxygen atoms in total. The van der Waals surface area contributed by atoms with Crippen molar-refractivity contribution in [3.8, 4) is 0 Å². The summed E-state index contributed by atoms with van der Waals surface area (Å²) in [5.41, 5.74) is 0. The lowest BCUT2D eigenvalue weighted by Crippen LogP contribution is -2.09. The zero-order chi connectivity index (χ0) is 11.5. The molecule has 0 bridgehead atoms. The van der Waals surface area contributed by atoms with E-state index in [9.17, 15) is 4.79 Å². The summed E-state index contributed by atoms with van der Waals surface area (Å²) in [6.45, 7) is 6.25. The van der Waals surface area contributed by atoms with Crippen LogP contribution in [0.1, 0.15) is 65.7 Å². The van der Waals surface area contributed by atoms with Gasteiger partial charge in [0.15, 0.2) is 0 Å². The molecule has 1 unspecified atom stereocenters. The molecule has 88 valence electrons. The van der Waals surface area contributed by atoms with Crippen molar-refractivity contribution in [2.45, 2.75) is 65.7 Å². The smallest absolute Gasteiger partial charge is 0.136 e. The first kappa shape index (κ1) is 14.4. The average Bonchev–Trinajstić information content (AvgIpc) is 2.25. The predicted molar refractivity (Wildman–Crippen MR) is 67.0 cm³/mol. The minimum absolute atomic E-state index is 0.215. The van der Waals surface area contributed by atoms with E-state index < -0.39 is 0 Å². The quantitative estimate of drug-likeness (QED) is 0.404. The number of carbonyl (C=O) groups excluding carboxylic acids is 1. The van der Waals surface area contributed by atoms with Crippen LogP contribution in [-0.4, -0.2) is 5.78 Å². The van der Waals surface area contributed by atoms with Gasteiger partial charge in [-0.3, -0.25) is 4.79 Å². The maximum atomic E-state index is 11.6. The van der Waals surface area contributed by atoms with E-state index in [1.807, 2.05) is 19.9 Å². The largest absolute Gasteiger partial charge is 0.299 e. The van der Waals surface area contributed by atoms with Gasteiger partial charge in [-0.05, 0) is 19.8 Å². The molecular weight excluding hydrogens is 184 g/mol. The van der Waals surface area contributed by atoms with Gasteiger partial charge in [0.05, 0.1) is 0 Å². The number of carbonyl (C=O) groups is 1. The third-order valence-corrected chi connectivity index (χ3v) is 2.80. The summed E-state index contributed by atoms with van der Waals surface area (Å²) in [5.74, 6) is 0.650. The van der Waals surface area contributed by atoms with Gasteiger partial charge in [0, 0.05) is 12.3 Å². The molecule has 0 N–H and O–H groups in total. The fourth-order valence-corrected chi connectivity index (χ4v) is 1.62. The van der Waals surface area contributed by atoms with Gasteiger partial charge in [-0.15, -0.1) is 0 Å². The van der Waals surface area contributed by atoms with Crippen LogP contribution >= 0.6 is 0 Å². The van der Waals surface area contributed by atoms with E-state index in [4.69, 9.17) is 0 Å². The van der Waals surface area contributed by atoms with Gasteiger partial charge in [0.1, 0.15) is 5.78 Å². The summed E-state index contributed by atoms with van der Waals surface area (Å²) >= 11 is 0. The Morgan fingerprint density at radius 1 is 1.20 bits per heavy atom. The normalized spacial score (nSPS) is 13.3. The number of rotatable bonds is 9. The monoisotopic (exact) mass is 210 g/mol. The second kappa shape index (κ2) is 9.95. The van der Waals surface area contributed by atoms with Gasteiger partial charge in [-0.2, -0.15) is 0 Å². The Kier molecular flexibility index (Phi) is 9.55. The molecule has 0 aliphatic rings. The highest BCUT2D eigenvalue weighted by molar-refractivity contribution is 5.80. The molecule has 0 aromatic rings. The minimum atomic E-state index is 0.215. The van der Waals surface area contributed by atoms with Crippen LogP contribution in [0.2, 0.25) is 0 Å². The number of allylic oxidation sites excluding steroid dienone is 2. The molecule has 0 heterocycles. The topological polar surface area (TPSA) is 17.1 Å². The molecule has 0 aromatic carbocycles.